The van der Waals surface area contributed by atoms with Crippen LogP contribution in [0.25, 0.3) is 5.65 Å². The molecule has 0 saturated carbocycles. The van der Waals surface area contributed by atoms with E-state index in [4.69, 9.17) is 4.74 Å². The molecule has 2 aromatic carbocycles. The molecule has 0 aliphatic heterocycles. The lowest BCUT2D eigenvalue weighted by molar-refractivity contribution is 0.0843. The molecule has 0 aliphatic rings. The summed E-state index contributed by atoms with van der Waals surface area (Å²) in [6, 6.07) is 13.4. The second-order valence-corrected chi connectivity index (χ2v) is 8.71. The second-order valence-electron chi connectivity index (χ2n) is 8.71. The highest BCUT2D eigenvalue weighted by molar-refractivity contribution is 5.96. The van der Waals surface area contributed by atoms with Crippen molar-refractivity contribution in [2.75, 3.05) is 13.7 Å². The third-order valence-electron chi connectivity index (χ3n) is 6.13. The number of pyridine rings is 1. The molecule has 1 atom stereocenters. The fourth-order valence-corrected chi connectivity index (χ4v) is 4.02. The molecule has 4 rings (SSSR count). The number of rotatable bonds is 8. The van der Waals surface area contributed by atoms with Gasteiger partial charge < -0.3 is 20.5 Å². The van der Waals surface area contributed by atoms with Crippen molar-refractivity contribution in [2.45, 2.75) is 26.0 Å². The van der Waals surface area contributed by atoms with Gasteiger partial charge in [0.15, 0.2) is 11.4 Å². The summed E-state index contributed by atoms with van der Waals surface area (Å²) in [5.41, 5.74) is 0.343. The molecule has 0 aliphatic carbocycles. The number of hydrogen-bond acceptors (Lipinski definition) is 5. The highest BCUT2D eigenvalue weighted by atomic mass is 19.1. The number of aromatic nitrogens is 2. The van der Waals surface area contributed by atoms with Crippen LogP contribution in [0.1, 0.15) is 44.6 Å². The van der Waals surface area contributed by atoms with Crippen molar-refractivity contribution in [2.24, 2.45) is 0 Å². The molecule has 37 heavy (non-hydrogen) atoms. The van der Waals surface area contributed by atoms with Crippen LogP contribution in [0.3, 0.4) is 0 Å². The van der Waals surface area contributed by atoms with Gasteiger partial charge in [-0.25, -0.2) is 13.8 Å². The molecule has 2 amide bonds. The van der Waals surface area contributed by atoms with Crippen LogP contribution in [0.15, 0.2) is 60.8 Å². The van der Waals surface area contributed by atoms with E-state index >= 15 is 0 Å². The number of halogens is 2. The van der Waals surface area contributed by atoms with E-state index in [0.717, 1.165) is 12.1 Å². The Bertz CT molecular complexity index is 1470. The number of aliphatic hydroxyl groups is 1. The molecule has 3 N–H and O–H groups in total. The van der Waals surface area contributed by atoms with Gasteiger partial charge in [-0.15, -0.1) is 0 Å². The first kappa shape index (κ1) is 25.8. The first-order valence-electron chi connectivity index (χ1n) is 11.5. The molecule has 0 fully saturated rings. The minimum absolute atomic E-state index is 0.194. The maximum Gasteiger partial charge on any atom is 0.270 e. The summed E-state index contributed by atoms with van der Waals surface area (Å²) in [4.78, 5) is 30.0. The maximum absolute atomic E-state index is 14.0. The van der Waals surface area contributed by atoms with Gasteiger partial charge >= 0.3 is 0 Å². The number of carbonyl (C=O) groups excluding carboxylic acids is 2. The van der Waals surface area contributed by atoms with Gasteiger partial charge in [0.25, 0.3) is 11.8 Å². The van der Waals surface area contributed by atoms with Gasteiger partial charge in [-0.1, -0.05) is 18.2 Å². The van der Waals surface area contributed by atoms with E-state index in [1.807, 2.05) is 0 Å². The van der Waals surface area contributed by atoms with Crippen molar-refractivity contribution in [3.63, 3.8) is 0 Å². The van der Waals surface area contributed by atoms with E-state index in [1.54, 1.807) is 56.4 Å². The third kappa shape index (κ3) is 5.01. The number of benzene rings is 2. The molecule has 0 spiro atoms. The summed E-state index contributed by atoms with van der Waals surface area (Å²) in [6.45, 7) is 2.48. The summed E-state index contributed by atoms with van der Waals surface area (Å²) in [7, 11) is 1.51. The smallest absolute Gasteiger partial charge is 0.270 e. The predicted octanol–water partition coefficient (Wildman–Crippen LogP) is 3.50. The minimum atomic E-state index is -1.21. The van der Waals surface area contributed by atoms with Crippen LogP contribution < -0.4 is 15.4 Å². The Balaban J connectivity index is 1.64. The Labute approximate surface area is 211 Å². The number of aryl methyl sites for hydroxylation is 1. The lowest BCUT2D eigenvalue weighted by Gasteiger charge is -2.29. The molecule has 0 unspecified atom stereocenters. The monoisotopic (exact) mass is 508 g/mol. The molecule has 2 heterocycles. The Kier molecular flexibility index (Phi) is 7.21. The van der Waals surface area contributed by atoms with Crippen molar-refractivity contribution in [1.82, 2.24) is 20.0 Å². The maximum atomic E-state index is 14.0. The van der Waals surface area contributed by atoms with E-state index in [2.05, 4.69) is 15.6 Å². The van der Waals surface area contributed by atoms with Crippen LogP contribution in [0.2, 0.25) is 0 Å². The molecular weight excluding hydrogens is 482 g/mol. The number of nitrogens with zero attached hydrogens (tertiary/aromatic N) is 2. The van der Waals surface area contributed by atoms with Crippen molar-refractivity contribution in [1.29, 1.82) is 0 Å². The molecular formula is C27H26F2N4O4. The van der Waals surface area contributed by atoms with Crippen molar-refractivity contribution in [3.8, 4) is 5.75 Å². The number of ether oxygens (including phenoxy) is 1. The zero-order chi connectivity index (χ0) is 26.7. The first-order valence-corrected chi connectivity index (χ1v) is 11.5. The van der Waals surface area contributed by atoms with Gasteiger partial charge in [0, 0.05) is 18.8 Å². The van der Waals surface area contributed by atoms with Crippen molar-refractivity contribution in [3.05, 3.63) is 101 Å². The Morgan fingerprint density at radius 3 is 2.46 bits per heavy atom. The molecule has 192 valence electrons. The minimum Gasteiger partial charge on any atom is -0.485 e. The highest BCUT2D eigenvalue weighted by Gasteiger charge is 2.31. The number of imidazole rings is 1. The number of fused-ring (bicyclic) bond motifs is 1. The van der Waals surface area contributed by atoms with Gasteiger partial charge in [0.05, 0.1) is 23.4 Å². The van der Waals surface area contributed by atoms with Gasteiger partial charge in [-0.05, 0) is 55.8 Å². The Morgan fingerprint density at radius 2 is 1.78 bits per heavy atom. The molecule has 10 heteroatoms. The fraction of sp³-hybridized carbons (Fsp3) is 0.222. The number of amides is 2. The van der Waals surface area contributed by atoms with E-state index in [0.29, 0.717) is 16.8 Å². The average molecular weight is 509 g/mol. The molecule has 2 aromatic heterocycles. The third-order valence-corrected chi connectivity index (χ3v) is 6.13. The van der Waals surface area contributed by atoms with Crippen LogP contribution in [0, 0.1) is 18.6 Å². The molecule has 0 bridgehead atoms. The standard InChI is InChI=1S/C27H26F2N4O4/c1-16-23(26(36)32-27(2,15-34)18-8-4-7-17(13-18)25(35)30-3)33-12-6-11-22(24(33)31-16)37-14-19-20(28)9-5-10-21(19)29/h4-13,34H,14-15H2,1-3H3,(H,30,35)(H,32,36)/t27-/m0/s1. The lowest BCUT2D eigenvalue weighted by atomic mass is 9.91. The van der Waals surface area contributed by atoms with E-state index in [-0.39, 0.29) is 35.2 Å². The quantitative estimate of drug-likeness (QED) is 0.338. The summed E-state index contributed by atoms with van der Waals surface area (Å²) in [6.07, 6.45) is 1.61. The summed E-state index contributed by atoms with van der Waals surface area (Å²) >= 11 is 0. The molecule has 4 aromatic rings. The molecule has 0 radical (unpaired) electrons. The van der Waals surface area contributed by atoms with E-state index in [1.165, 1.54) is 17.5 Å². The number of nitrogens with one attached hydrogen (secondary N) is 2. The van der Waals surface area contributed by atoms with Crippen LogP contribution in [0.4, 0.5) is 8.78 Å². The zero-order valence-corrected chi connectivity index (χ0v) is 20.5. The van der Waals surface area contributed by atoms with Gasteiger partial charge in [-0.2, -0.15) is 0 Å². The highest BCUT2D eigenvalue weighted by Crippen LogP contribution is 2.26. The van der Waals surface area contributed by atoms with Gasteiger partial charge in [0.1, 0.15) is 23.9 Å². The van der Waals surface area contributed by atoms with Crippen molar-refractivity contribution >= 4 is 17.5 Å². The largest absolute Gasteiger partial charge is 0.485 e. The number of carbonyl (C=O) groups is 2. The predicted molar refractivity (Wildman–Crippen MR) is 132 cm³/mol. The average Bonchev–Trinajstić information content (AvgIpc) is 3.24. The Hall–Kier alpha value is -4.31. The topological polar surface area (TPSA) is 105 Å². The van der Waals surface area contributed by atoms with E-state index in [9.17, 15) is 23.5 Å². The van der Waals surface area contributed by atoms with Crippen molar-refractivity contribution < 1.29 is 28.2 Å². The van der Waals surface area contributed by atoms with Crippen LogP contribution in [-0.4, -0.2) is 40.0 Å². The zero-order valence-electron chi connectivity index (χ0n) is 20.5. The van der Waals surface area contributed by atoms with Gasteiger partial charge in [-0.3, -0.25) is 14.0 Å². The Morgan fingerprint density at radius 1 is 1.08 bits per heavy atom. The molecule has 8 nitrogen and oxygen atoms in total. The SMILES string of the molecule is CNC(=O)c1cccc([C@](C)(CO)NC(=O)c2c(C)nc3c(OCc4c(F)cccc4F)cccn23)c1. The molecule has 0 saturated heterocycles. The fourth-order valence-electron chi connectivity index (χ4n) is 4.02. The second kappa shape index (κ2) is 10.4. The normalized spacial score (nSPS) is 12.7. The number of hydrogen-bond donors (Lipinski definition) is 3. The first-order chi connectivity index (χ1) is 17.7. The lowest BCUT2D eigenvalue weighted by Crippen LogP contribution is -2.47. The van der Waals surface area contributed by atoms with E-state index < -0.39 is 29.7 Å². The summed E-state index contributed by atoms with van der Waals surface area (Å²) in [5, 5.41) is 15.6. The van der Waals surface area contributed by atoms with Crippen LogP contribution in [0.5, 0.6) is 5.75 Å². The van der Waals surface area contributed by atoms with Crippen LogP contribution in [-0.2, 0) is 12.1 Å². The number of aliphatic hydroxyl groups excluding tert-OH is 1. The summed E-state index contributed by atoms with van der Waals surface area (Å²) in [5.74, 6) is -2.04. The summed E-state index contributed by atoms with van der Waals surface area (Å²) < 4.78 is 35.2. The van der Waals surface area contributed by atoms with Gasteiger partial charge in [0.2, 0.25) is 0 Å². The van der Waals surface area contributed by atoms with Crippen LogP contribution >= 0.6 is 0 Å².